The number of hydrogen-bond acceptors (Lipinski definition) is 26. The van der Waals surface area contributed by atoms with Crippen molar-refractivity contribution >= 4 is 64.1 Å². The first kappa shape index (κ1) is 91.5. The molecule has 3 aliphatic heterocycles. The number of rotatable bonds is 22. The molecule has 0 spiro atoms. The highest BCUT2D eigenvalue weighted by atomic mass is 32.2. The Hall–Kier alpha value is -15.4. The van der Waals surface area contributed by atoms with Crippen molar-refractivity contribution in [1.29, 1.82) is 15.8 Å². The number of aliphatic hydroxyl groups is 1. The molecule has 39 heteroatoms. The van der Waals surface area contributed by atoms with Gasteiger partial charge in [-0.2, -0.15) is 59.3 Å². The van der Waals surface area contributed by atoms with E-state index in [2.05, 4.69) is 109 Å². The number of ether oxygens (including phenoxy) is 1. The summed E-state index contributed by atoms with van der Waals surface area (Å²) < 4.78 is 112. The van der Waals surface area contributed by atoms with Gasteiger partial charge in [-0.1, -0.05) is 29.7 Å². The van der Waals surface area contributed by atoms with Crippen LogP contribution >= 0.6 is 0 Å². The van der Waals surface area contributed by atoms with Gasteiger partial charge in [0.05, 0.1) is 113 Å². The van der Waals surface area contributed by atoms with E-state index in [0.29, 0.717) is 111 Å². The van der Waals surface area contributed by atoms with E-state index in [-0.39, 0.29) is 55.4 Å². The van der Waals surface area contributed by atoms with Crippen LogP contribution in [-0.4, -0.2) is 240 Å². The number of pyridine rings is 7. The second-order valence-electron chi connectivity index (χ2n) is 32.9. The van der Waals surface area contributed by atoms with E-state index in [9.17, 15) is 50.5 Å². The summed E-state index contributed by atoms with van der Waals surface area (Å²) in [6.07, 6.45) is 34.4. The van der Waals surface area contributed by atoms with E-state index >= 15 is 0 Å². The molecule has 1 saturated carbocycles. The first-order chi connectivity index (χ1) is 65.4. The molecule has 1 atom stereocenters. The summed E-state index contributed by atoms with van der Waals surface area (Å²) in [5.41, 5.74) is 15.7. The van der Waals surface area contributed by atoms with Gasteiger partial charge in [0.1, 0.15) is 53.6 Å². The van der Waals surface area contributed by atoms with E-state index in [0.717, 1.165) is 114 Å². The monoisotopic (exact) mass is 1860 g/mol. The highest BCUT2D eigenvalue weighted by Crippen LogP contribution is 2.47. The maximum Gasteiger partial charge on any atom is 0.216 e. The number of fused-ring (bicyclic) bond motifs is 3. The van der Waals surface area contributed by atoms with Crippen LogP contribution in [0.3, 0.4) is 0 Å². The number of halogens is 1. The Kier molecular flexibility index (Phi) is 27.1. The third-order valence-corrected chi connectivity index (χ3v) is 29.5. The molecular formula is C96H90FN27O8S3. The second-order valence-corrected chi connectivity index (χ2v) is 39.0. The predicted molar refractivity (Wildman–Crippen MR) is 505 cm³/mol. The van der Waals surface area contributed by atoms with Gasteiger partial charge in [0.25, 0.3) is 0 Å². The summed E-state index contributed by atoms with van der Waals surface area (Å²) >= 11 is 0. The average Bonchev–Trinajstić information content (AvgIpc) is 1.66. The third kappa shape index (κ3) is 21.4. The van der Waals surface area contributed by atoms with E-state index < -0.39 is 41.6 Å². The molecule has 682 valence electrons. The molecule has 1 aromatic carbocycles. The number of benzene rings is 1. The smallest absolute Gasteiger partial charge is 0.216 e. The average molecular weight is 1870 g/mol. The van der Waals surface area contributed by atoms with Crippen molar-refractivity contribution in [1.82, 2.24) is 101 Å². The zero-order valence-electron chi connectivity index (χ0n) is 74.0. The molecule has 1 N–H and O–H groups in total. The van der Waals surface area contributed by atoms with Gasteiger partial charge in [-0.3, -0.25) is 19.0 Å². The van der Waals surface area contributed by atoms with Gasteiger partial charge in [-0.05, 0) is 97.8 Å². The number of methoxy groups -OCH3 is 1. The second kappa shape index (κ2) is 39.9. The summed E-state index contributed by atoms with van der Waals surface area (Å²) in [5, 5.41) is 65.5. The van der Waals surface area contributed by atoms with Crippen LogP contribution in [-0.2, 0) is 64.1 Å². The van der Waals surface area contributed by atoms with Crippen molar-refractivity contribution in [3.05, 3.63) is 248 Å². The highest BCUT2D eigenvalue weighted by molar-refractivity contribution is 7.89. The molecular weight excluding hydrogens is 1770 g/mol. The lowest BCUT2D eigenvalue weighted by Gasteiger charge is -2.35. The number of hydrogen-bond donors (Lipinski definition) is 1. The number of anilines is 3. The lowest BCUT2D eigenvalue weighted by atomic mass is 10.0. The molecule has 4 aliphatic rings. The molecule has 135 heavy (non-hydrogen) atoms. The topological polar surface area (TPSA) is 405 Å². The normalized spacial score (nSPS) is 14.9. The molecule has 19 rings (SSSR count). The van der Waals surface area contributed by atoms with Crippen molar-refractivity contribution in [2.45, 2.75) is 44.6 Å². The van der Waals surface area contributed by atoms with Crippen LogP contribution in [0.1, 0.15) is 59.2 Å². The zero-order chi connectivity index (χ0) is 94.0. The van der Waals surface area contributed by atoms with E-state index in [1.807, 2.05) is 142 Å². The number of nitrogens with zero attached hydrogens (tertiary/aromatic N) is 27. The molecule has 0 radical (unpaired) electrons. The number of aromatic nitrogens is 18. The van der Waals surface area contributed by atoms with Crippen molar-refractivity contribution < 1.29 is 39.5 Å². The van der Waals surface area contributed by atoms with Crippen molar-refractivity contribution in [2.75, 3.05) is 118 Å². The fourth-order valence-electron chi connectivity index (χ4n) is 16.3. The van der Waals surface area contributed by atoms with Crippen molar-refractivity contribution in [3.63, 3.8) is 0 Å². The number of aliphatic hydroxyl groups excluding tert-OH is 1. The molecule has 3 saturated heterocycles. The Bertz CT molecular complexity index is 7610. The summed E-state index contributed by atoms with van der Waals surface area (Å²) in [6.45, 7) is 5.05. The fraction of sp³-hybridized carbons (Fsp3) is 0.281. The molecule has 14 aromatic heterocycles. The maximum absolute atomic E-state index is 13.4. The van der Waals surface area contributed by atoms with Crippen LogP contribution in [0.2, 0.25) is 0 Å². The van der Waals surface area contributed by atoms with Gasteiger partial charge < -0.3 is 24.5 Å². The minimum Gasteiger partial charge on any atom is -0.497 e. The van der Waals surface area contributed by atoms with Crippen molar-refractivity contribution in [3.8, 4) is 126 Å². The van der Waals surface area contributed by atoms with Crippen LogP contribution in [0.5, 0.6) is 5.75 Å². The van der Waals surface area contributed by atoms with Gasteiger partial charge in [0, 0.05) is 277 Å². The molecule has 15 aromatic rings. The highest BCUT2D eigenvalue weighted by Gasteiger charge is 2.47. The Morgan fingerprint density at radius 3 is 1.31 bits per heavy atom. The standard InChI is InChI=1S/C34H32N8O3S.C31H28FN9O2S.C31H30N10O3S/c1-39-22-29(21-37-39)27-17-31(33-28(18-35)20-38-42(33)23-27)26-6-7-32(36-19-26)40-12-14-41(15-13-40)46(43,44)24-34(10-11-34)9-8-25-4-3-5-30(16-25)45-2;1-38-21-26(20-36-38)24-15-29(31-25(17-33)19-37-41(31)22-24)23-6-7-30(35-18-23)39-10-12-40(13-11-39)44(42,43)14-4-2-3-5-28-16-27(32)8-9-34-28;1-38-19-27(18-36-38)25-12-29(31-26(13-32)17-37-41(31)20-25)24-6-7-30(35-16-24)39-8-10-40(11-9-39)45(43,44)21-28(42)5-3-2-4-23-14-33-22-34-15-23/h3-7,16-17,19-23H,10-15,24H2,1-2H3;6-9,15-16,18-22H,4-5,10-14H2,1H3;6-7,12,14-20,22,28,42H,4-5,8-11,21H2,1H3. The molecule has 17 heterocycles. The van der Waals surface area contributed by atoms with E-state index in [4.69, 9.17) is 19.7 Å². The Morgan fingerprint density at radius 2 is 0.904 bits per heavy atom. The molecule has 0 bridgehead atoms. The van der Waals surface area contributed by atoms with Gasteiger partial charge >= 0.3 is 0 Å². The third-order valence-electron chi connectivity index (χ3n) is 23.6. The summed E-state index contributed by atoms with van der Waals surface area (Å²) in [7, 11) is -3.41. The first-order valence-corrected chi connectivity index (χ1v) is 48.1. The molecule has 0 amide bonds. The summed E-state index contributed by atoms with van der Waals surface area (Å²) in [5.74, 6) is 20.1. The van der Waals surface area contributed by atoms with E-state index in [1.165, 1.54) is 33.3 Å². The molecule has 35 nitrogen and oxygen atoms in total. The Labute approximate surface area is 778 Å². The fourth-order valence-corrected chi connectivity index (χ4v) is 21.2. The first-order valence-electron chi connectivity index (χ1n) is 43.3. The van der Waals surface area contributed by atoms with Gasteiger partial charge in [-0.25, -0.2) is 68.1 Å². The number of sulfonamides is 3. The Balaban J connectivity index is 0.000000141. The summed E-state index contributed by atoms with van der Waals surface area (Å²) in [4.78, 5) is 32.3. The van der Waals surface area contributed by atoms with Crippen LogP contribution in [0.25, 0.3) is 83.3 Å². The number of piperazine rings is 3. The molecule has 4 fully saturated rings. The van der Waals surface area contributed by atoms with Crippen LogP contribution in [0, 0.1) is 80.7 Å². The quantitative estimate of drug-likeness (QED) is 0.0617. The Morgan fingerprint density at radius 1 is 0.459 bits per heavy atom. The minimum atomic E-state index is -3.66. The minimum absolute atomic E-state index is 0.0375. The van der Waals surface area contributed by atoms with Gasteiger partial charge in [0.2, 0.25) is 30.1 Å². The molecule has 1 aliphatic carbocycles. The maximum atomic E-state index is 13.4. The largest absolute Gasteiger partial charge is 0.497 e. The SMILES string of the molecule is COc1cccc(C#CC2(CS(=O)(=O)N3CCN(c4ccc(-c5cc(-c6cnn(C)c6)cn6ncc(C#N)c56)cn4)CC3)CC2)c1.Cn1cc(-c2cc(-c3ccc(N4CCN(S(=O)(=O)CC(O)CC#CCc5cncnc5)CC4)nc3)c3c(C#N)cnn3c2)cn1.Cn1cc(-c2cc(-c3ccc(N4CCN(S(=O)(=O)CCC#CCc5cc(F)ccn5)CC4)nc3)c3c(C#N)cnn3c2)cn1. The van der Waals surface area contributed by atoms with Gasteiger partial charge in [-0.15, -0.1) is 11.8 Å². The van der Waals surface area contributed by atoms with Crippen LogP contribution in [0.15, 0.2) is 209 Å². The van der Waals surface area contributed by atoms with Crippen LogP contribution < -0.4 is 19.4 Å². The predicted octanol–water partition coefficient (Wildman–Crippen LogP) is 9.16. The molecule has 1 unspecified atom stereocenters. The van der Waals surface area contributed by atoms with E-state index in [1.54, 1.807) is 107 Å². The summed E-state index contributed by atoms with van der Waals surface area (Å²) in [6, 6.07) is 34.5. The lowest BCUT2D eigenvalue weighted by Crippen LogP contribution is -2.50. The number of aryl methyl sites for hydroxylation is 3. The van der Waals surface area contributed by atoms with Crippen molar-refractivity contribution in [2.24, 2.45) is 26.6 Å². The lowest BCUT2D eigenvalue weighted by molar-refractivity contribution is 0.200. The van der Waals surface area contributed by atoms with Gasteiger partial charge in [0.15, 0.2) is 0 Å². The zero-order valence-corrected chi connectivity index (χ0v) is 76.5. The number of nitriles is 3. The van der Waals surface area contributed by atoms with Crippen LogP contribution in [0.4, 0.5) is 21.8 Å².